The van der Waals surface area contributed by atoms with Crippen molar-refractivity contribution in [3.8, 4) is 0 Å². The fraction of sp³-hybridized carbons (Fsp3) is 0. The van der Waals surface area contributed by atoms with Crippen LogP contribution in [-0.4, -0.2) is 0 Å². The van der Waals surface area contributed by atoms with Crippen LogP contribution < -0.4 is 0 Å². The highest BCUT2D eigenvalue weighted by molar-refractivity contribution is 9.10. The van der Waals surface area contributed by atoms with Crippen LogP contribution in [0.2, 0.25) is 0 Å². The molecule has 0 unspecified atom stereocenters. The molecule has 0 saturated carbocycles. The van der Waals surface area contributed by atoms with E-state index in [0.717, 1.165) is 0 Å². The second-order valence-electron chi connectivity index (χ2n) is 4.38. The fourth-order valence-electron chi connectivity index (χ4n) is 2.49. The Hall–Kier alpha value is -1.38. The largest absolute Gasteiger partial charge is 0.135 e. The maximum absolute atomic E-state index is 3.79. The molecule has 0 aliphatic heterocycles. The van der Waals surface area contributed by atoms with Crippen molar-refractivity contribution in [3.05, 3.63) is 59.1 Å². The van der Waals surface area contributed by atoms with Gasteiger partial charge >= 0.3 is 0 Å². The highest BCUT2D eigenvalue weighted by atomic mass is 79.9. The molecule has 4 aromatic rings. The summed E-state index contributed by atoms with van der Waals surface area (Å²) < 4.78 is 3.92. The second-order valence-corrected chi connectivity index (χ2v) is 6.26. The monoisotopic (exact) mass is 312 g/mol. The predicted octanol–water partition coefficient (Wildman–Crippen LogP) is 5.97. The lowest BCUT2D eigenvalue weighted by atomic mass is 10.1. The maximum Gasteiger partial charge on any atom is 0.0373 e. The van der Waals surface area contributed by atoms with Gasteiger partial charge in [-0.15, -0.1) is 11.3 Å². The van der Waals surface area contributed by atoms with Gasteiger partial charge in [0.05, 0.1) is 0 Å². The van der Waals surface area contributed by atoms with Crippen LogP contribution >= 0.6 is 27.3 Å². The van der Waals surface area contributed by atoms with Crippen LogP contribution in [0, 0.1) is 0 Å². The summed E-state index contributed by atoms with van der Waals surface area (Å²) in [6.45, 7) is 0. The molecule has 0 radical (unpaired) electrons. The minimum absolute atomic E-state index is 1.22. The topological polar surface area (TPSA) is 0 Å². The van der Waals surface area contributed by atoms with Gasteiger partial charge in [0.2, 0.25) is 0 Å². The Balaban J connectivity index is 2.34. The number of hydrogen-bond acceptors (Lipinski definition) is 1. The summed E-state index contributed by atoms with van der Waals surface area (Å²) in [5.74, 6) is 0. The van der Waals surface area contributed by atoms with Crippen molar-refractivity contribution in [2.24, 2.45) is 0 Å². The Bertz CT molecular complexity index is 889. The molecule has 4 rings (SSSR count). The van der Waals surface area contributed by atoms with E-state index in [9.17, 15) is 0 Å². The first-order valence-corrected chi connectivity index (χ1v) is 7.44. The predicted molar refractivity (Wildman–Crippen MR) is 84.5 cm³/mol. The van der Waals surface area contributed by atoms with Crippen molar-refractivity contribution in [2.75, 3.05) is 0 Å². The molecule has 0 saturated heterocycles. The number of hydrogen-bond donors (Lipinski definition) is 0. The van der Waals surface area contributed by atoms with Crippen molar-refractivity contribution in [1.82, 2.24) is 0 Å². The summed E-state index contributed by atoms with van der Waals surface area (Å²) in [4.78, 5) is 0. The molecule has 1 aromatic heterocycles. The lowest BCUT2D eigenvalue weighted by Crippen LogP contribution is -1.75. The molecule has 0 fully saturated rings. The molecule has 1 heterocycles. The number of fused-ring (bicyclic) bond motifs is 4. The van der Waals surface area contributed by atoms with Gasteiger partial charge in [0.25, 0.3) is 0 Å². The standard InChI is InChI=1S/C16H9BrS/c17-16-11-6-2-1-5-10(11)9-14-15(16)12-7-3-4-8-13(12)18-14/h1-9H. The molecule has 0 atom stereocenters. The third-order valence-corrected chi connectivity index (χ3v) is 5.27. The van der Waals surface area contributed by atoms with E-state index >= 15 is 0 Å². The third kappa shape index (κ3) is 1.36. The van der Waals surface area contributed by atoms with E-state index in [1.807, 2.05) is 11.3 Å². The molecule has 0 spiro atoms. The molecule has 0 aliphatic carbocycles. The van der Waals surface area contributed by atoms with Crippen LogP contribution in [0.15, 0.2) is 59.1 Å². The van der Waals surface area contributed by atoms with E-state index < -0.39 is 0 Å². The van der Waals surface area contributed by atoms with Gasteiger partial charge in [-0.2, -0.15) is 0 Å². The summed E-state index contributed by atoms with van der Waals surface area (Å²) in [5, 5.41) is 5.27. The zero-order valence-corrected chi connectivity index (χ0v) is 11.9. The van der Waals surface area contributed by atoms with Crippen LogP contribution in [0.25, 0.3) is 30.9 Å². The summed E-state index contributed by atoms with van der Waals surface area (Å²) >= 11 is 5.65. The molecule has 86 valence electrons. The van der Waals surface area contributed by atoms with E-state index in [1.165, 1.54) is 35.4 Å². The maximum atomic E-state index is 3.79. The van der Waals surface area contributed by atoms with Crippen LogP contribution in [0.3, 0.4) is 0 Å². The molecular formula is C16H9BrS. The van der Waals surface area contributed by atoms with E-state index in [1.54, 1.807) is 0 Å². The van der Waals surface area contributed by atoms with Crippen LogP contribution in [-0.2, 0) is 0 Å². The third-order valence-electron chi connectivity index (χ3n) is 3.33. The molecule has 0 aliphatic rings. The van der Waals surface area contributed by atoms with Gasteiger partial charge in [0.1, 0.15) is 0 Å². The van der Waals surface area contributed by atoms with Crippen molar-refractivity contribution in [1.29, 1.82) is 0 Å². The molecule has 3 aromatic carbocycles. The Morgan fingerprint density at radius 3 is 2.39 bits per heavy atom. The van der Waals surface area contributed by atoms with E-state index in [-0.39, 0.29) is 0 Å². The van der Waals surface area contributed by atoms with Crippen LogP contribution in [0.5, 0.6) is 0 Å². The first-order chi connectivity index (χ1) is 8.84. The molecule has 0 nitrogen and oxygen atoms in total. The van der Waals surface area contributed by atoms with Gasteiger partial charge in [-0.3, -0.25) is 0 Å². The molecule has 0 N–H and O–H groups in total. The lowest BCUT2D eigenvalue weighted by molar-refractivity contribution is 1.79. The van der Waals surface area contributed by atoms with Crippen molar-refractivity contribution < 1.29 is 0 Å². The van der Waals surface area contributed by atoms with Gasteiger partial charge in [-0.05, 0) is 38.8 Å². The van der Waals surface area contributed by atoms with Crippen molar-refractivity contribution >= 4 is 58.2 Å². The van der Waals surface area contributed by atoms with Crippen molar-refractivity contribution in [2.45, 2.75) is 0 Å². The molecule has 18 heavy (non-hydrogen) atoms. The zero-order chi connectivity index (χ0) is 12.1. The minimum Gasteiger partial charge on any atom is -0.135 e. The molecule has 0 amide bonds. The minimum atomic E-state index is 1.22. The fourth-order valence-corrected chi connectivity index (χ4v) is 4.57. The van der Waals surface area contributed by atoms with E-state index in [0.29, 0.717) is 0 Å². The quantitative estimate of drug-likeness (QED) is 0.375. The Morgan fingerprint density at radius 1 is 0.778 bits per heavy atom. The van der Waals surface area contributed by atoms with Gasteiger partial charge in [-0.25, -0.2) is 0 Å². The SMILES string of the molecule is Brc1c2ccccc2cc2sc3ccccc3c12. The summed E-state index contributed by atoms with van der Waals surface area (Å²) in [5.41, 5.74) is 0. The summed E-state index contributed by atoms with van der Waals surface area (Å²) in [7, 11) is 0. The Labute approximate surface area is 117 Å². The first-order valence-electron chi connectivity index (χ1n) is 5.83. The molecule has 0 bridgehead atoms. The molecular weight excluding hydrogens is 304 g/mol. The summed E-state index contributed by atoms with van der Waals surface area (Å²) in [6, 6.07) is 19.4. The normalized spacial score (nSPS) is 11.6. The Morgan fingerprint density at radius 2 is 1.50 bits per heavy atom. The highest BCUT2D eigenvalue weighted by Gasteiger charge is 2.10. The van der Waals surface area contributed by atoms with Gasteiger partial charge in [0.15, 0.2) is 0 Å². The van der Waals surface area contributed by atoms with Crippen LogP contribution in [0.4, 0.5) is 0 Å². The van der Waals surface area contributed by atoms with Gasteiger partial charge in [0, 0.05) is 24.6 Å². The summed E-state index contributed by atoms with van der Waals surface area (Å²) in [6.07, 6.45) is 0. The van der Waals surface area contributed by atoms with E-state index in [2.05, 4.69) is 70.5 Å². The highest BCUT2D eigenvalue weighted by Crippen LogP contribution is 2.41. The van der Waals surface area contributed by atoms with E-state index in [4.69, 9.17) is 0 Å². The Kier molecular flexibility index (Phi) is 2.23. The van der Waals surface area contributed by atoms with Gasteiger partial charge in [-0.1, -0.05) is 42.5 Å². The number of benzene rings is 3. The van der Waals surface area contributed by atoms with Crippen molar-refractivity contribution in [3.63, 3.8) is 0 Å². The average Bonchev–Trinajstić information content (AvgIpc) is 2.77. The first kappa shape index (κ1) is 10.5. The smallest absolute Gasteiger partial charge is 0.0373 e. The lowest BCUT2D eigenvalue weighted by Gasteiger charge is -2.02. The number of thiophene rings is 1. The number of halogens is 1. The second kappa shape index (κ2) is 3.81. The van der Waals surface area contributed by atoms with Gasteiger partial charge < -0.3 is 0 Å². The average molecular weight is 313 g/mol. The zero-order valence-electron chi connectivity index (χ0n) is 9.48. The number of rotatable bonds is 0. The van der Waals surface area contributed by atoms with Crippen LogP contribution in [0.1, 0.15) is 0 Å². The molecule has 2 heteroatoms.